The van der Waals surface area contributed by atoms with Crippen molar-refractivity contribution in [3.63, 3.8) is 0 Å². The minimum atomic E-state index is -1.24. The summed E-state index contributed by atoms with van der Waals surface area (Å²) in [7, 11) is 0. The Balaban J connectivity index is 2.20. The number of nitrogens with one attached hydrogen (secondary N) is 1. The van der Waals surface area contributed by atoms with Crippen LogP contribution < -0.4 is 5.32 Å². The molecule has 1 unspecified atom stereocenters. The van der Waals surface area contributed by atoms with Crippen molar-refractivity contribution in [2.75, 3.05) is 0 Å². The predicted molar refractivity (Wildman–Crippen MR) is 68.5 cm³/mol. The molecule has 0 spiro atoms. The SMILES string of the molecule is O=C(NC(C(=O)O)c1ccc(F)cc1)c1ccncc1. The van der Waals surface area contributed by atoms with Crippen molar-refractivity contribution in [2.45, 2.75) is 6.04 Å². The van der Waals surface area contributed by atoms with Crippen LogP contribution >= 0.6 is 0 Å². The molecule has 0 saturated carbocycles. The van der Waals surface area contributed by atoms with Crippen LogP contribution in [0.5, 0.6) is 0 Å². The van der Waals surface area contributed by atoms with Gasteiger partial charge in [-0.3, -0.25) is 9.78 Å². The number of pyridine rings is 1. The van der Waals surface area contributed by atoms with Crippen molar-refractivity contribution in [3.05, 3.63) is 65.7 Å². The molecule has 1 atom stereocenters. The monoisotopic (exact) mass is 274 g/mol. The lowest BCUT2D eigenvalue weighted by Crippen LogP contribution is -2.33. The Morgan fingerprint density at radius 2 is 1.70 bits per heavy atom. The number of benzene rings is 1. The van der Waals surface area contributed by atoms with Gasteiger partial charge in [0.2, 0.25) is 0 Å². The molecule has 1 amide bonds. The first kappa shape index (κ1) is 13.7. The lowest BCUT2D eigenvalue weighted by molar-refractivity contribution is -0.139. The molecule has 0 fully saturated rings. The number of carbonyl (C=O) groups excluding carboxylic acids is 1. The molecule has 2 aromatic rings. The van der Waals surface area contributed by atoms with Gasteiger partial charge in [-0.1, -0.05) is 12.1 Å². The van der Waals surface area contributed by atoms with Gasteiger partial charge in [-0.15, -0.1) is 0 Å². The third-order valence-corrected chi connectivity index (χ3v) is 2.67. The first-order valence-electron chi connectivity index (χ1n) is 5.77. The van der Waals surface area contributed by atoms with Crippen molar-refractivity contribution >= 4 is 11.9 Å². The topological polar surface area (TPSA) is 79.3 Å². The Morgan fingerprint density at radius 3 is 2.25 bits per heavy atom. The van der Waals surface area contributed by atoms with Crippen molar-refractivity contribution in [1.29, 1.82) is 0 Å². The van der Waals surface area contributed by atoms with E-state index >= 15 is 0 Å². The fraction of sp³-hybridized carbons (Fsp3) is 0.0714. The van der Waals surface area contributed by atoms with Gasteiger partial charge < -0.3 is 10.4 Å². The highest BCUT2D eigenvalue weighted by Gasteiger charge is 2.22. The number of nitrogens with zero attached hydrogens (tertiary/aromatic N) is 1. The Labute approximate surface area is 114 Å². The van der Waals surface area contributed by atoms with E-state index < -0.39 is 23.7 Å². The van der Waals surface area contributed by atoms with Crippen LogP contribution in [0.2, 0.25) is 0 Å². The number of halogens is 1. The molecule has 20 heavy (non-hydrogen) atoms. The van der Waals surface area contributed by atoms with E-state index in [4.69, 9.17) is 0 Å². The average molecular weight is 274 g/mol. The second kappa shape index (κ2) is 5.92. The van der Waals surface area contributed by atoms with Gasteiger partial charge in [0, 0.05) is 18.0 Å². The molecule has 0 aliphatic carbocycles. The van der Waals surface area contributed by atoms with Gasteiger partial charge in [-0.2, -0.15) is 0 Å². The Morgan fingerprint density at radius 1 is 1.10 bits per heavy atom. The molecule has 6 heteroatoms. The number of amides is 1. The number of rotatable bonds is 4. The zero-order chi connectivity index (χ0) is 14.5. The van der Waals surface area contributed by atoms with Crippen LogP contribution in [-0.2, 0) is 4.79 Å². The number of carboxylic acid groups (broad SMARTS) is 1. The standard InChI is InChI=1S/C14H11FN2O3/c15-11-3-1-9(2-4-11)12(14(19)20)17-13(18)10-5-7-16-8-6-10/h1-8,12H,(H,17,18)(H,19,20). The molecule has 1 aromatic heterocycles. The maximum atomic E-state index is 12.8. The highest BCUT2D eigenvalue weighted by molar-refractivity contribution is 5.96. The first-order chi connectivity index (χ1) is 9.58. The maximum absolute atomic E-state index is 12.8. The summed E-state index contributed by atoms with van der Waals surface area (Å²) >= 11 is 0. The average Bonchev–Trinajstić information content (AvgIpc) is 2.46. The Kier molecular flexibility index (Phi) is 4.05. The summed E-state index contributed by atoms with van der Waals surface area (Å²) in [6.45, 7) is 0. The van der Waals surface area contributed by atoms with Crippen LogP contribution in [0.4, 0.5) is 4.39 Å². The Hall–Kier alpha value is -2.76. The van der Waals surface area contributed by atoms with Crippen LogP contribution in [0.3, 0.4) is 0 Å². The van der Waals surface area contributed by atoms with Crippen molar-refractivity contribution in [1.82, 2.24) is 10.3 Å². The summed E-state index contributed by atoms with van der Waals surface area (Å²) in [5.41, 5.74) is 0.592. The predicted octanol–water partition coefficient (Wildman–Crippen LogP) is 1.78. The molecule has 0 saturated heterocycles. The lowest BCUT2D eigenvalue weighted by Gasteiger charge is -2.14. The summed E-state index contributed by atoms with van der Waals surface area (Å²) in [5, 5.41) is 11.6. The molecule has 1 heterocycles. The van der Waals surface area contributed by atoms with E-state index in [9.17, 15) is 19.1 Å². The van der Waals surface area contributed by atoms with Gasteiger partial charge in [0.25, 0.3) is 5.91 Å². The van der Waals surface area contributed by atoms with Crippen LogP contribution in [-0.4, -0.2) is 22.0 Å². The van der Waals surface area contributed by atoms with Crippen LogP contribution in [0.15, 0.2) is 48.8 Å². The van der Waals surface area contributed by atoms with E-state index in [1.54, 1.807) is 0 Å². The summed E-state index contributed by atoms with van der Waals surface area (Å²) in [5.74, 6) is -2.23. The highest BCUT2D eigenvalue weighted by atomic mass is 19.1. The number of hydrogen-bond acceptors (Lipinski definition) is 3. The van der Waals surface area contributed by atoms with Gasteiger partial charge in [-0.05, 0) is 29.8 Å². The number of carboxylic acids is 1. The normalized spacial score (nSPS) is 11.7. The molecular weight excluding hydrogens is 263 g/mol. The molecule has 102 valence electrons. The molecule has 5 nitrogen and oxygen atoms in total. The smallest absolute Gasteiger partial charge is 0.330 e. The van der Waals surface area contributed by atoms with E-state index in [0.717, 1.165) is 12.1 Å². The van der Waals surface area contributed by atoms with E-state index in [2.05, 4.69) is 10.3 Å². The molecule has 0 bridgehead atoms. The number of aromatic nitrogens is 1. The van der Waals surface area contributed by atoms with Gasteiger partial charge in [-0.25, -0.2) is 9.18 Å². The highest BCUT2D eigenvalue weighted by Crippen LogP contribution is 2.15. The molecule has 1 aromatic carbocycles. The second-order valence-corrected chi connectivity index (χ2v) is 4.03. The van der Waals surface area contributed by atoms with Gasteiger partial charge in [0.05, 0.1) is 0 Å². The summed E-state index contributed by atoms with van der Waals surface area (Å²) in [4.78, 5) is 26.9. The fourth-order valence-electron chi connectivity index (χ4n) is 1.66. The number of aliphatic carboxylic acids is 1. The first-order valence-corrected chi connectivity index (χ1v) is 5.77. The lowest BCUT2D eigenvalue weighted by atomic mass is 10.1. The summed E-state index contributed by atoms with van der Waals surface area (Å²) < 4.78 is 12.8. The van der Waals surface area contributed by atoms with Crippen LogP contribution in [0.25, 0.3) is 0 Å². The molecule has 0 radical (unpaired) electrons. The minimum absolute atomic E-state index is 0.293. The van der Waals surface area contributed by atoms with E-state index in [0.29, 0.717) is 11.1 Å². The molecular formula is C14H11FN2O3. The molecule has 0 aliphatic rings. The third-order valence-electron chi connectivity index (χ3n) is 2.67. The van der Waals surface area contributed by atoms with Crippen molar-refractivity contribution < 1.29 is 19.1 Å². The number of carbonyl (C=O) groups is 2. The van der Waals surface area contributed by atoms with Crippen LogP contribution in [0.1, 0.15) is 22.0 Å². The summed E-state index contributed by atoms with van der Waals surface area (Å²) in [6, 6.07) is 6.63. The molecule has 2 rings (SSSR count). The Bertz CT molecular complexity index is 614. The summed E-state index contributed by atoms with van der Waals surface area (Å²) in [6.07, 6.45) is 2.87. The number of hydrogen-bond donors (Lipinski definition) is 2. The maximum Gasteiger partial charge on any atom is 0.330 e. The van der Waals surface area contributed by atoms with E-state index in [1.807, 2.05) is 0 Å². The van der Waals surface area contributed by atoms with Crippen LogP contribution in [0, 0.1) is 5.82 Å². The van der Waals surface area contributed by atoms with Gasteiger partial charge in [0.15, 0.2) is 6.04 Å². The molecule has 0 aliphatic heterocycles. The van der Waals surface area contributed by atoms with E-state index in [1.165, 1.54) is 36.7 Å². The zero-order valence-corrected chi connectivity index (χ0v) is 10.3. The minimum Gasteiger partial charge on any atom is -0.479 e. The third kappa shape index (κ3) is 3.17. The van der Waals surface area contributed by atoms with Crippen molar-refractivity contribution in [2.24, 2.45) is 0 Å². The quantitative estimate of drug-likeness (QED) is 0.890. The zero-order valence-electron chi connectivity index (χ0n) is 10.3. The fourth-order valence-corrected chi connectivity index (χ4v) is 1.66. The second-order valence-electron chi connectivity index (χ2n) is 4.03. The largest absolute Gasteiger partial charge is 0.479 e. The van der Waals surface area contributed by atoms with Gasteiger partial charge in [0.1, 0.15) is 5.82 Å². The van der Waals surface area contributed by atoms with Crippen molar-refractivity contribution in [3.8, 4) is 0 Å². The van der Waals surface area contributed by atoms with E-state index in [-0.39, 0.29) is 0 Å². The van der Waals surface area contributed by atoms with Gasteiger partial charge >= 0.3 is 5.97 Å². The molecule has 2 N–H and O–H groups in total.